The van der Waals surface area contributed by atoms with E-state index in [-0.39, 0.29) is 42.2 Å². The van der Waals surface area contributed by atoms with Crippen LogP contribution in [0.4, 0.5) is 0 Å². The van der Waals surface area contributed by atoms with Crippen molar-refractivity contribution in [2.24, 2.45) is 11.3 Å². The first-order valence-corrected chi connectivity index (χ1v) is 8.26. The van der Waals surface area contributed by atoms with Crippen molar-refractivity contribution in [2.75, 3.05) is 13.1 Å². The molecule has 0 aromatic carbocycles. The minimum Gasteiger partial charge on any atom is -0.344 e. The number of nitrogens with zero attached hydrogens (tertiary/aromatic N) is 1. The molecular weight excluding hydrogens is 341 g/mol. The van der Waals surface area contributed by atoms with Gasteiger partial charge < -0.3 is 10.6 Å². The lowest BCUT2D eigenvalue weighted by Gasteiger charge is -2.27. The molecule has 1 aliphatic carbocycles. The van der Waals surface area contributed by atoms with Crippen molar-refractivity contribution in [3.8, 4) is 0 Å². The molecule has 126 valence electrons. The third-order valence-corrected chi connectivity index (χ3v) is 5.98. The monoisotopic (exact) mass is 365 g/mol. The number of amides is 1. The maximum Gasteiger partial charge on any atom is 0.224 e. The zero-order valence-corrected chi connectivity index (χ0v) is 15.7. The predicted octanol–water partition coefficient (Wildman–Crippen LogP) is 3.04. The minimum atomic E-state index is -0.368. The summed E-state index contributed by atoms with van der Waals surface area (Å²) in [5.41, 5.74) is 0.949. The summed E-state index contributed by atoms with van der Waals surface area (Å²) in [6, 6.07) is 0. The van der Waals surface area contributed by atoms with Crippen LogP contribution in [0.1, 0.15) is 43.8 Å². The fourth-order valence-corrected chi connectivity index (χ4v) is 4.16. The molecule has 22 heavy (non-hydrogen) atoms. The third-order valence-electron chi connectivity index (χ3n) is 4.69. The summed E-state index contributed by atoms with van der Waals surface area (Å²) < 4.78 is 0. The van der Waals surface area contributed by atoms with E-state index in [1.54, 1.807) is 11.3 Å². The number of piperidine rings is 1. The van der Waals surface area contributed by atoms with Crippen LogP contribution in [0.15, 0.2) is 5.38 Å². The Hall–Kier alpha value is -0.360. The summed E-state index contributed by atoms with van der Waals surface area (Å²) in [6.07, 6.45) is 3.34. The van der Waals surface area contributed by atoms with Crippen LogP contribution in [0, 0.1) is 18.3 Å². The van der Waals surface area contributed by atoms with Gasteiger partial charge in [0.15, 0.2) is 0 Å². The fourth-order valence-electron chi connectivity index (χ4n) is 3.29. The van der Waals surface area contributed by atoms with Crippen molar-refractivity contribution in [1.82, 2.24) is 15.6 Å². The van der Waals surface area contributed by atoms with E-state index in [1.165, 1.54) is 0 Å². The molecule has 0 bridgehead atoms. The van der Waals surface area contributed by atoms with Crippen LogP contribution in [0.3, 0.4) is 0 Å². The van der Waals surface area contributed by atoms with Gasteiger partial charge in [0.25, 0.3) is 0 Å². The Morgan fingerprint density at radius 3 is 2.59 bits per heavy atom. The molecule has 1 aliphatic heterocycles. The van der Waals surface area contributed by atoms with Crippen molar-refractivity contribution in [2.45, 2.75) is 45.6 Å². The van der Waals surface area contributed by atoms with Gasteiger partial charge in [-0.1, -0.05) is 0 Å². The minimum absolute atomic E-state index is 0. The van der Waals surface area contributed by atoms with Gasteiger partial charge >= 0.3 is 0 Å². The third kappa shape index (κ3) is 3.75. The van der Waals surface area contributed by atoms with E-state index in [9.17, 15) is 4.79 Å². The smallest absolute Gasteiger partial charge is 0.224 e. The largest absolute Gasteiger partial charge is 0.344 e. The average Bonchev–Trinajstić information content (AvgIpc) is 2.88. The highest BCUT2D eigenvalue weighted by Gasteiger charge is 2.58. The highest BCUT2D eigenvalue weighted by atomic mass is 35.5. The van der Waals surface area contributed by atoms with E-state index in [2.05, 4.69) is 15.6 Å². The van der Waals surface area contributed by atoms with Gasteiger partial charge in [0.05, 0.1) is 5.54 Å². The van der Waals surface area contributed by atoms with E-state index in [1.807, 2.05) is 26.2 Å². The lowest BCUT2D eigenvalue weighted by Crippen LogP contribution is -2.43. The lowest BCUT2D eigenvalue weighted by atomic mass is 9.91. The highest BCUT2D eigenvalue weighted by Crippen LogP contribution is 2.58. The SMILES string of the molecule is Cc1csc(C(C)(C)NC(=O)C2CC23CCNCC3)n1.Cl.Cl. The van der Waals surface area contributed by atoms with Crippen LogP contribution in [-0.4, -0.2) is 24.0 Å². The van der Waals surface area contributed by atoms with Gasteiger partial charge in [-0.25, -0.2) is 4.98 Å². The number of nitrogens with one attached hydrogen (secondary N) is 2. The summed E-state index contributed by atoms with van der Waals surface area (Å²) in [4.78, 5) is 17.0. The molecule has 4 nitrogen and oxygen atoms in total. The maximum atomic E-state index is 12.5. The van der Waals surface area contributed by atoms with Gasteiger partial charge in [-0.3, -0.25) is 4.79 Å². The Bertz CT molecular complexity index is 527. The summed E-state index contributed by atoms with van der Waals surface area (Å²) in [6.45, 7) is 8.18. The number of aromatic nitrogens is 1. The molecule has 2 aliphatic rings. The van der Waals surface area contributed by atoms with E-state index < -0.39 is 0 Å². The van der Waals surface area contributed by atoms with Crippen molar-refractivity contribution in [1.29, 1.82) is 0 Å². The summed E-state index contributed by atoms with van der Waals surface area (Å²) in [5, 5.41) is 9.61. The van der Waals surface area contributed by atoms with Crippen LogP contribution in [0.5, 0.6) is 0 Å². The molecule has 1 spiro atoms. The number of carbonyl (C=O) groups is 1. The van der Waals surface area contributed by atoms with E-state index in [4.69, 9.17) is 0 Å². The van der Waals surface area contributed by atoms with E-state index in [0.717, 1.165) is 43.1 Å². The maximum absolute atomic E-state index is 12.5. The molecule has 2 heterocycles. The first-order valence-electron chi connectivity index (χ1n) is 7.38. The fraction of sp³-hybridized carbons (Fsp3) is 0.733. The number of thiazole rings is 1. The predicted molar refractivity (Wildman–Crippen MR) is 95.2 cm³/mol. The zero-order chi connectivity index (χ0) is 14.4. The Morgan fingerprint density at radius 1 is 1.41 bits per heavy atom. The molecule has 2 N–H and O–H groups in total. The Kier molecular flexibility index (Phi) is 6.30. The van der Waals surface area contributed by atoms with Crippen LogP contribution in [0.25, 0.3) is 0 Å². The molecule has 1 saturated carbocycles. The second-order valence-corrected chi connectivity index (χ2v) is 7.64. The van der Waals surface area contributed by atoms with Crippen LogP contribution in [-0.2, 0) is 10.3 Å². The summed E-state index contributed by atoms with van der Waals surface area (Å²) >= 11 is 1.62. The second kappa shape index (κ2) is 7.04. The number of carbonyl (C=O) groups excluding carboxylic acids is 1. The number of hydrogen-bond acceptors (Lipinski definition) is 4. The van der Waals surface area contributed by atoms with Gasteiger partial charge in [-0.05, 0) is 58.5 Å². The molecule has 1 amide bonds. The van der Waals surface area contributed by atoms with Crippen molar-refractivity contribution in [3.63, 3.8) is 0 Å². The molecule has 0 radical (unpaired) electrons. The number of halogens is 2. The molecule has 1 saturated heterocycles. The van der Waals surface area contributed by atoms with Crippen LogP contribution >= 0.6 is 36.2 Å². The first-order chi connectivity index (χ1) is 9.43. The van der Waals surface area contributed by atoms with Gasteiger partial charge in [0, 0.05) is 17.0 Å². The standard InChI is InChI=1S/C15H23N3OS.2ClH/c1-10-9-20-13(17-10)14(2,3)18-12(19)11-8-15(11)4-6-16-7-5-15;;/h9,11,16H,4-8H2,1-3H3,(H,18,19);2*1H. The van der Waals surface area contributed by atoms with Crippen LogP contribution in [0.2, 0.25) is 0 Å². The summed E-state index contributed by atoms with van der Waals surface area (Å²) in [7, 11) is 0. The van der Waals surface area contributed by atoms with Gasteiger partial charge in [-0.2, -0.15) is 0 Å². The molecule has 1 unspecified atom stereocenters. The second-order valence-electron chi connectivity index (χ2n) is 6.78. The van der Waals surface area contributed by atoms with E-state index in [0.29, 0.717) is 5.41 Å². The molecule has 7 heteroatoms. The molecular formula is C15H25Cl2N3OS. The number of aryl methyl sites for hydroxylation is 1. The van der Waals surface area contributed by atoms with E-state index >= 15 is 0 Å². The molecule has 1 aromatic rings. The Morgan fingerprint density at radius 2 is 2.05 bits per heavy atom. The Labute approximate surface area is 148 Å². The highest BCUT2D eigenvalue weighted by molar-refractivity contribution is 7.09. The quantitative estimate of drug-likeness (QED) is 0.865. The molecule has 3 rings (SSSR count). The Balaban J connectivity index is 0.00000121. The van der Waals surface area contributed by atoms with Gasteiger partial charge in [-0.15, -0.1) is 36.2 Å². The lowest BCUT2D eigenvalue weighted by molar-refractivity contribution is -0.125. The molecule has 2 fully saturated rings. The normalized spacial score (nSPS) is 22.4. The molecule has 1 aromatic heterocycles. The number of rotatable bonds is 3. The topological polar surface area (TPSA) is 54.0 Å². The molecule has 1 atom stereocenters. The zero-order valence-electron chi connectivity index (χ0n) is 13.3. The van der Waals surface area contributed by atoms with Crippen molar-refractivity contribution in [3.05, 3.63) is 16.1 Å². The number of hydrogen-bond donors (Lipinski definition) is 2. The van der Waals surface area contributed by atoms with Gasteiger partial charge in [0.1, 0.15) is 5.01 Å². The first kappa shape index (κ1) is 19.7. The van der Waals surface area contributed by atoms with Crippen molar-refractivity contribution < 1.29 is 4.79 Å². The average molecular weight is 366 g/mol. The van der Waals surface area contributed by atoms with Crippen molar-refractivity contribution >= 4 is 42.1 Å². The summed E-state index contributed by atoms with van der Waals surface area (Å²) in [5.74, 6) is 0.426. The van der Waals surface area contributed by atoms with Gasteiger partial charge in [0.2, 0.25) is 5.91 Å². The van der Waals surface area contributed by atoms with Crippen LogP contribution < -0.4 is 10.6 Å².